The van der Waals surface area contributed by atoms with Crippen LogP contribution in [-0.4, -0.2) is 48.7 Å². The number of nitrogens with one attached hydrogen (secondary N) is 2. The molecule has 0 spiro atoms. The third kappa shape index (κ3) is 4.32. The molecule has 20 heavy (non-hydrogen) atoms. The van der Waals surface area contributed by atoms with Crippen molar-refractivity contribution in [3.05, 3.63) is 22.4 Å². The average Bonchev–Trinajstić information content (AvgIpc) is 2.89. The van der Waals surface area contributed by atoms with Gasteiger partial charge in [-0.1, -0.05) is 6.07 Å². The van der Waals surface area contributed by atoms with E-state index in [1.54, 1.807) is 17.5 Å². The van der Waals surface area contributed by atoms with E-state index >= 15 is 0 Å². The fraction of sp³-hybridized carbons (Fsp3) is 0.417. The Morgan fingerprint density at radius 2 is 2.15 bits per heavy atom. The van der Waals surface area contributed by atoms with Gasteiger partial charge < -0.3 is 20.5 Å². The monoisotopic (exact) mass is 300 g/mol. The van der Waals surface area contributed by atoms with Crippen molar-refractivity contribution in [1.82, 2.24) is 10.6 Å². The van der Waals surface area contributed by atoms with Gasteiger partial charge in [-0.25, -0.2) is 4.79 Å². The summed E-state index contributed by atoms with van der Waals surface area (Å²) in [6.45, 7) is 0.855. The van der Waals surface area contributed by atoms with E-state index in [-0.39, 0.29) is 19.1 Å². The minimum Gasteiger partial charge on any atom is -0.479 e. The molecule has 110 valence electrons. The number of amides is 2. The first-order chi connectivity index (χ1) is 9.39. The Hall–Kier alpha value is -1.93. The molecule has 8 heteroatoms. The third-order valence-corrected chi connectivity index (χ3v) is 3.34. The first-order valence-corrected chi connectivity index (χ1v) is 6.62. The van der Waals surface area contributed by atoms with Gasteiger partial charge in [0.1, 0.15) is 0 Å². The van der Waals surface area contributed by atoms with E-state index in [9.17, 15) is 14.4 Å². The first kappa shape index (κ1) is 16.1. The van der Waals surface area contributed by atoms with Crippen molar-refractivity contribution < 1.29 is 24.2 Å². The highest BCUT2D eigenvalue weighted by atomic mass is 32.1. The maximum absolute atomic E-state index is 11.7. The Morgan fingerprint density at radius 1 is 1.45 bits per heavy atom. The van der Waals surface area contributed by atoms with Crippen LogP contribution in [0, 0.1) is 0 Å². The topological polar surface area (TPSA) is 105 Å². The molecule has 0 saturated heterocycles. The van der Waals surface area contributed by atoms with Crippen molar-refractivity contribution >= 4 is 29.1 Å². The Kier molecular flexibility index (Phi) is 5.66. The zero-order chi connectivity index (χ0) is 15.2. The van der Waals surface area contributed by atoms with E-state index in [0.29, 0.717) is 4.88 Å². The van der Waals surface area contributed by atoms with Crippen LogP contribution in [0.5, 0.6) is 0 Å². The lowest BCUT2D eigenvalue weighted by molar-refractivity contribution is -0.149. The number of carbonyl (C=O) groups is 3. The number of thiophene rings is 1. The summed E-state index contributed by atoms with van der Waals surface area (Å²) in [5.41, 5.74) is -1.53. The number of hydrogen-bond acceptors (Lipinski definition) is 5. The van der Waals surface area contributed by atoms with Gasteiger partial charge in [-0.2, -0.15) is 0 Å². The third-order valence-electron chi connectivity index (χ3n) is 2.47. The Bertz CT molecular complexity index is 488. The molecule has 0 aliphatic heterocycles. The Morgan fingerprint density at radius 3 is 2.65 bits per heavy atom. The van der Waals surface area contributed by atoms with Crippen LogP contribution in [0.4, 0.5) is 0 Å². The maximum Gasteiger partial charge on any atom is 0.331 e. The van der Waals surface area contributed by atoms with E-state index in [4.69, 9.17) is 9.84 Å². The fourth-order valence-electron chi connectivity index (χ4n) is 1.45. The van der Waals surface area contributed by atoms with Gasteiger partial charge in [-0.05, 0) is 18.4 Å². The number of hydrogen-bond donors (Lipinski definition) is 3. The van der Waals surface area contributed by atoms with Crippen molar-refractivity contribution in [1.29, 1.82) is 0 Å². The van der Waals surface area contributed by atoms with Crippen LogP contribution in [0.25, 0.3) is 0 Å². The van der Waals surface area contributed by atoms with Crippen molar-refractivity contribution in [2.75, 3.05) is 20.3 Å². The summed E-state index contributed by atoms with van der Waals surface area (Å²) in [7, 11) is 1.34. The van der Waals surface area contributed by atoms with Crippen LogP contribution in [-0.2, 0) is 14.3 Å². The summed E-state index contributed by atoms with van der Waals surface area (Å²) >= 11 is 1.25. The molecule has 1 aromatic heterocycles. The van der Waals surface area contributed by atoms with Gasteiger partial charge in [0.05, 0.1) is 18.0 Å². The first-order valence-electron chi connectivity index (χ1n) is 5.74. The van der Waals surface area contributed by atoms with E-state index in [0.717, 1.165) is 0 Å². The quantitative estimate of drug-likeness (QED) is 0.661. The van der Waals surface area contributed by atoms with Crippen LogP contribution < -0.4 is 10.6 Å². The molecule has 1 heterocycles. The second kappa shape index (κ2) is 7.01. The van der Waals surface area contributed by atoms with Crippen molar-refractivity contribution in [2.24, 2.45) is 0 Å². The second-order valence-electron chi connectivity index (χ2n) is 4.28. The summed E-state index contributed by atoms with van der Waals surface area (Å²) in [5.74, 6) is -2.19. The van der Waals surface area contributed by atoms with Crippen molar-refractivity contribution in [3.63, 3.8) is 0 Å². The molecular formula is C12H16N2O5S. The molecule has 1 atom stereocenters. The standard InChI is InChI=1S/C12H16N2O5S/c1-12(7-19-2,11(17)18)14-9(15)6-13-10(16)8-4-3-5-20-8/h3-5H,6-7H2,1-2H3,(H,13,16)(H,14,15)(H,17,18). The molecule has 3 N–H and O–H groups in total. The lowest BCUT2D eigenvalue weighted by atomic mass is 10.0. The molecule has 0 aliphatic rings. The van der Waals surface area contributed by atoms with Crippen LogP contribution in [0.15, 0.2) is 17.5 Å². The average molecular weight is 300 g/mol. The molecule has 1 unspecified atom stereocenters. The van der Waals surface area contributed by atoms with E-state index in [2.05, 4.69) is 10.6 Å². The summed E-state index contributed by atoms with van der Waals surface area (Å²) in [6, 6.07) is 3.35. The molecule has 0 bridgehead atoms. The predicted molar refractivity (Wildman–Crippen MR) is 72.7 cm³/mol. The van der Waals surface area contributed by atoms with Crippen LogP contribution in [0.2, 0.25) is 0 Å². The molecular weight excluding hydrogens is 284 g/mol. The highest BCUT2D eigenvalue weighted by Crippen LogP contribution is 2.07. The highest BCUT2D eigenvalue weighted by Gasteiger charge is 2.34. The second-order valence-corrected chi connectivity index (χ2v) is 5.23. The Labute approximate surface area is 119 Å². The molecule has 7 nitrogen and oxygen atoms in total. The Balaban J connectivity index is 2.50. The van der Waals surface area contributed by atoms with Gasteiger partial charge in [0.25, 0.3) is 5.91 Å². The summed E-state index contributed by atoms with van der Waals surface area (Å²) < 4.78 is 4.77. The van der Waals surface area contributed by atoms with Gasteiger partial charge in [0, 0.05) is 7.11 Å². The number of carboxylic acid groups (broad SMARTS) is 1. The van der Waals surface area contributed by atoms with Crippen LogP contribution >= 0.6 is 11.3 Å². The van der Waals surface area contributed by atoms with E-state index < -0.39 is 17.4 Å². The van der Waals surface area contributed by atoms with Gasteiger partial charge >= 0.3 is 5.97 Å². The number of carboxylic acids is 1. The van der Waals surface area contributed by atoms with E-state index in [1.807, 2.05) is 0 Å². The fourth-order valence-corrected chi connectivity index (χ4v) is 2.09. The highest BCUT2D eigenvalue weighted by molar-refractivity contribution is 7.12. The lowest BCUT2D eigenvalue weighted by Crippen LogP contribution is -2.57. The van der Waals surface area contributed by atoms with Crippen molar-refractivity contribution in [2.45, 2.75) is 12.5 Å². The molecule has 0 aliphatic carbocycles. The zero-order valence-electron chi connectivity index (χ0n) is 11.1. The number of aliphatic carboxylic acids is 1. The van der Waals surface area contributed by atoms with Gasteiger partial charge in [-0.3, -0.25) is 9.59 Å². The molecule has 0 aromatic carbocycles. The predicted octanol–water partition coefficient (Wildman–Crippen LogP) is 0.0838. The summed E-state index contributed by atoms with van der Waals surface area (Å²) in [6.07, 6.45) is 0. The smallest absolute Gasteiger partial charge is 0.331 e. The molecule has 1 aromatic rings. The number of rotatable bonds is 7. The molecule has 0 radical (unpaired) electrons. The lowest BCUT2D eigenvalue weighted by Gasteiger charge is -2.25. The molecule has 1 rings (SSSR count). The molecule has 0 fully saturated rings. The van der Waals surface area contributed by atoms with Gasteiger partial charge in [0.15, 0.2) is 5.54 Å². The number of ether oxygens (including phenoxy) is 1. The SMILES string of the molecule is COCC(C)(NC(=O)CNC(=O)c1cccs1)C(=O)O. The van der Waals surface area contributed by atoms with Crippen LogP contribution in [0.3, 0.4) is 0 Å². The van der Waals surface area contributed by atoms with E-state index in [1.165, 1.54) is 25.4 Å². The normalized spacial score (nSPS) is 13.3. The van der Waals surface area contributed by atoms with Gasteiger partial charge in [0.2, 0.25) is 5.91 Å². The van der Waals surface area contributed by atoms with Crippen molar-refractivity contribution in [3.8, 4) is 0 Å². The molecule has 0 saturated carbocycles. The summed E-state index contributed by atoms with van der Waals surface area (Å²) in [5, 5.41) is 15.5. The summed E-state index contributed by atoms with van der Waals surface area (Å²) in [4.78, 5) is 34.9. The van der Waals surface area contributed by atoms with Crippen LogP contribution in [0.1, 0.15) is 16.6 Å². The minimum absolute atomic E-state index is 0.174. The van der Waals surface area contributed by atoms with Gasteiger partial charge in [-0.15, -0.1) is 11.3 Å². The molecule has 2 amide bonds. The maximum atomic E-state index is 11.7. The largest absolute Gasteiger partial charge is 0.479 e. The number of carbonyl (C=O) groups excluding carboxylic acids is 2. The number of methoxy groups -OCH3 is 1. The zero-order valence-corrected chi connectivity index (χ0v) is 12.0. The minimum atomic E-state index is -1.53.